The molecular formula is C9H19O2. The molecule has 67 valence electrons. The molecule has 0 bridgehead atoms. The van der Waals surface area contributed by atoms with Crippen LogP contribution in [0, 0.1) is 0 Å². The van der Waals surface area contributed by atoms with E-state index in [0.717, 1.165) is 32.3 Å². The van der Waals surface area contributed by atoms with Crippen molar-refractivity contribution in [3.8, 4) is 0 Å². The van der Waals surface area contributed by atoms with Gasteiger partial charge in [0.15, 0.2) is 0 Å². The second-order valence-electron chi connectivity index (χ2n) is 2.80. The molecule has 1 atom stereocenters. The van der Waals surface area contributed by atoms with Crippen LogP contribution in [0.5, 0.6) is 0 Å². The standard InChI is InChI=1S/C9H19O2/c1-3-5-6-9(8-10)11-7-4-2/h9H,3-8H2,1-2H3. The van der Waals surface area contributed by atoms with Crippen LogP contribution in [0.1, 0.15) is 39.5 Å². The molecule has 0 aromatic heterocycles. The molecule has 0 aliphatic rings. The summed E-state index contributed by atoms with van der Waals surface area (Å²) in [5.41, 5.74) is 0. The van der Waals surface area contributed by atoms with Gasteiger partial charge in [-0.2, -0.15) is 0 Å². The van der Waals surface area contributed by atoms with Crippen LogP contribution in [0.15, 0.2) is 0 Å². The molecule has 11 heavy (non-hydrogen) atoms. The van der Waals surface area contributed by atoms with Crippen molar-refractivity contribution in [2.75, 3.05) is 13.2 Å². The first kappa shape index (κ1) is 10.9. The van der Waals surface area contributed by atoms with E-state index >= 15 is 0 Å². The fraction of sp³-hybridized carbons (Fsp3) is 1.00. The number of rotatable bonds is 7. The van der Waals surface area contributed by atoms with Gasteiger partial charge >= 0.3 is 0 Å². The molecule has 0 amide bonds. The van der Waals surface area contributed by atoms with Crippen LogP contribution < -0.4 is 0 Å². The second-order valence-corrected chi connectivity index (χ2v) is 2.80. The van der Waals surface area contributed by atoms with E-state index < -0.39 is 0 Å². The van der Waals surface area contributed by atoms with Crippen LogP contribution in [-0.2, 0) is 9.84 Å². The third kappa shape index (κ3) is 6.32. The zero-order valence-electron chi connectivity index (χ0n) is 7.64. The van der Waals surface area contributed by atoms with Crippen molar-refractivity contribution in [1.82, 2.24) is 0 Å². The molecule has 0 rings (SSSR count). The van der Waals surface area contributed by atoms with E-state index in [0.29, 0.717) is 0 Å². The van der Waals surface area contributed by atoms with Crippen LogP contribution in [0.4, 0.5) is 0 Å². The smallest absolute Gasteiger partial charge is 0.108 e. The highest BCUT2D eigenvalue weighted by atomic mass is 16.5. The Balaban J connectivity index is 3.25. The van der Waals surface area contributed by atoms with Gasteiger partial charge in [-0.15, -0.1) is 0 Å². The first-order valence-electron chi connectivity index (χ1n) is 4.54. The van der Waals surface area contributed by atoms with Crippen LogP contribution in [0.2, 0.25) is 0 Å². The maximum absolute atomic E-state index is 10.5. The Bertz CT molecular complexity index is 66.0. The van der Waals surface area contributed by atoms with Crippen LogP contribution >= 0.6 is 0 Å². The van der Waals surface area contributed by atoms with Crippen molar-refractivity contribution in [3.63, 3.8) is 0 Å². The van der Waals surface area contributed by atoms with E-state index in [1.165, 1.54) is 0 Å². The molecule has 2 heteroatoms. The summed E-state index contributed by atoms with van der Waals surface area (Å²) in [5, 5.41) is 10.5. The maximum atomic E-state index is 10.5. The van der Waals surface area contributed by atoms with Crippen LogP contribution in [0.3, 0.4) is 0 Å². The third-order valence-corrected chi connectivity index (χ3v) is 1.62. The zero-order chi connectivity index (χ0) is 8.53. The first-order chi connectivity index (χ1) is 5.35. The summed E-state index contributed by atoms with van der Waals surface area (Å²) in [7, 11) is 0. The molecule has 0 spiro atoms. The molecule has 2 nitrogen and oxygen atoms in total. The summed E-state index contributed by atoms with van der Waals surface area (Å²) in [6.07, 6.45) is 4.15. The highest BCUT2D eigenvalue weighted by Crippen LogP contribution is 2.04. The van der Waals surface area contributed by atoms with Crippen molar-refractivity contribution < 1.29 is 9.84 Å². The fourth-order valence-corrected chi connectivity index (χ4v) is 0.931. The number of hydrogen-bond donors (Lipinski definition) is 0. The van der Waals surface area contributed by atoms with Crippen molar-refractivity contribution in [2.45, 2.75) is 45.6 Å². The first-order valence-corrected chi connectivity index (χ1v) is 4.54. The number of unbranched alkanes of at least 4 members (excludes halogenated alkanes) is 1. The van der Waals surface area contributed by atoms with E-state index in [1.54, 1.807) is 0 Å². The van der Waals surface area contributed by atoms with Crippen molar-refractivity contribution >= 4 is 0 Å². The largest absolute Gasteiger partial charge is 0.376 e. The minimum absolute atomic E-state index is 0.0325. The summed E-state index contributed by atoms with van der Waals surface area (Å²) in [6.45, 7) is 4.83. The summed E-state index contributed by atoms with van der Waals surface area (Å²) < 4.78 is 5.33. The molecular weight excluding hydrogens is 140 g/mol. The van der Waals surface area contributed by atoms with Crippen molar-refractivity contribution in [3.05, 3.63) is 0 Å². The van der Waals surface area contributed by atoms with Crippen LogP contribution in [-0.4, -0.2) is 19.3 Å². The summed E-state index contributed by atoms with van der Waals surface area (Å²) in [5.74, 6) is 0. The maximum Gasteiger partial charge on any atom is 0.108 e. The lowest BCUT2D eigenvalue weighted by Gasteiger charge is -2.12. The molecule has 0 aromatic rings. The Morgan fingerprint density at radius 2 is 2.00 bits per heavy atom. The molecule has 0 saturated heterocycles. The highest BCUT2D eigenvalue weighted by Gasteiger charge is 2.06. The van der Waals surface area contributed by atoms with Gasteiger partial charge in [0.1, 0.15) is 6.61 Å². The average Bonchev–Trinajstić information content (AvgIpc) is 2.05. The third-order valence-electron chi connectivity index (χ3n) is 1.62. The molecule has 0 N–H and O–H groups in total. The summed E-state index contributed by atoms with van der Waals surface area (Å²) in [4.78, 5) is 0. The molecule has 0 saturated carbocycles. The number of hydrogen-bond acceptors (Lipinski definition) is 1. The predicted molar refractivity (Wildman–Crippen MR) is 45.1 cm³/mol. The lowest BCUT2D eigenvalue weighted by molar-refractivity contribution is -0.0137. The summed E-state index contributed by atoms with van der Waals surface area (Å²) in [6, 6.07) is 0. The SMILES string of the molecule is CCCCC(C[O])OCCC. The van der Waals surface area contributed by atoms with E-state index in [4.69, 9.17) is 4.74 Å². The zero-order valence-corrected chi connectivity index (χ0v) is 7.64. The molecule has 0 heterocycles. The lowest BCUT2D eigenvalue weighted by atomic mass is 10.2. The predicted octanol–water partition coefficient (Wildman–Crippen LogP) is 2.40. The highest BCUT2D eigenvalue weighted by molar-refractivity contribution is 4.54. The van der Waals surface area contributed by atoms with Gasteiger partial charge in [0.25, 0.3) is 0 Å². The van der Waals surface area contributed by atoms with Gasteiger partial charge in [-0.1, -0.05) is 26.7 Å². The second kappa shape index (κ2) is 8.02. The Hall–Kier alpha value is -0.0800. The molecule has 0 aliphatic heterocycles. The van der Waals surface area contributed by atoms with Gasteiger partial charge in [-0.3, -0.25) is 0 Å². The Kier molecular flexibility index (Phi) is 7.96. The van der Waals surface area contributed by atoms with Gasteiger partial charge in [0.05, 0.1) is 6.10 Å². The van der Waals surface area contributed by atoms with Gasteiger partial charge in [0, 0.05) is 6.61 Å². The minimum atomic E-state index is -0.0833. The van der Waals surface area contributed by atoms with Crippen LogP contribution in [0.25, 0.3) is 0 Å². The molecule has 1 unspecified atom stereocenters. The van der Waals surface area contributed by atoms with E-state index in [9.17, 15) is 5.11 Å². The van der Waals surface area contributed by atoms with Crippen molar-refractivity contribution in [2.24, 2.45) is 0 Å². The topological polar surface area (TPSA) is 29.1 Å². The van der Waals surface area contributed by atoms with Gasteiger partial charge < -0.3 is 4.74 Å². The Morgan fingerprint density at radius 3 is 2.45 bits per heavy atom. The van der Waals surface area contributed by atoms with Gasteiger partial charge in [0.2, 0.25) is 0 Å². The number of ether oxygens (including phenoxy) is 1. The molecule has 1 radical (unpaired) electrons. The van der Waals surface area contributed by atoms with E-state index in [-0.39, 0.29) is 12.7 Å². The lowest BCUT2D eigenvalue weighted by Crippen LogP contribution is -2.17. The van der Waals surface area contributed by atoms with E-state index in [2.05, 4.69) is 13.8 Å². The molecule has 0 fully saturated rings. The fourth-order valence-electron chi connectivity index (χ4n) is 0.931. The van der Waals surface area contributed by atoms with Crippen molar-refractivity contribution in [1.29, 1.82) is 0 Å². The van der Waals surface area contributed by atoms with Gasteiger partial charge in [-0.25, -0.2) is 5.11 Å². The summed E-state index contributed by atoms with van der Waals surface area (Å²) >= 11 is 0. The van der Waals surface area contributed by atoms with E-state index in [1.807, 2.05) is 0 Å². The molecule has 0 aliphatic carbocycles. The Labute approximate surface area is 69.6 Å². The average molecular weight is 159 g/mol. The normalized spacial score (nSPS) is 13.4. The van der Waals surface area contributed by atoms with Gasteiger partial charge in [-0.05, 0) is 12.8 Å². The monoisotopic (exact) mass is 159 g/mol. The molecule has 0 aromatic carbocycles. The Morgan fingerprint density at radius 1 is 1.27 bits per heavy atom. The minimum Gasteiger partial charge on any atom is -0.376 e. The quantitative estimate of drug-likeness (QED) is 0.560.